The number of halogens is 1. The Kier molecular flexibility index (Phi) is 5.53. The second kappa shape index (κ2) is 7.79. The summed E-state index contributed by atoms with van der Waals surface area (Å²) in [6, 6.07) is 8.54. The van der Waals surface area contributed by atoms with E-state index in [4.69, 9.17) is 11.6 Å². The average molecular weight is 403 g/mol. The molecular weight excluding hydrogens is 372 g/mol. The lowest BCUT2D eigenvalue weighted by molar-refractivity contribution is 0.0630. The van der Waals surface area contributed by atoms with E-state index in [9.17, 15) is 5.11 Å². The zero-order valence-corrected chi connectivity index (χ0v) is 17.9. The van der Waals surface area contributed by atoms with Gasteiger partial charge < -0.3 is 10.0 Å². The van der Waals surface area contributed by atoms with Gasteiger partial charge in [0.05, 0.1) is 23.0 Å². The molecule has 2 aromatic rings. The van der Waals surface area contributed by atoms with Crippen molar-refractivity contribution in [2.75, 3.05) is 26.7 Å². The molecule has 0 saturated heterocycles. The molecule has 2 heterocycles. The lowest BCUT2D eigenvalue weighted by Gasteiger charge is -2.32. The first kappa shape index (κ1) is 19.9. The zero-order chi connectivity index (χ0) is 19.9. The van der Waals surface area contributed by atoms with Crippen molar-refractivity contribution in [1.82, 2.24) is 19.6 Å². The third-order valence-electron chi connectivity index (χ3n) is 5.87. The molecule has 5 nitrogen and oxygen atoms in total. The molecule has 1 aromatic carbocycles. The third kappa shape index (κ3) is 4.43. The van der Waals surface area contributed by atoms with Crippen LogP contribution in [0.5, 0.6) is 0 Å². The molecule has 152 valence electrons. The van der Waals surface area contributed by atoms with Gasteiger partial charge in [-0.1, -0.05) is 37.6 Å². The first-order valence-electron chi connectivity index (χ1n) is 10.2. The summed E-state index contributed by atoms with van der Waals surface area (Å²) < 4.78 is 2.00. The molecule has 0 bridgehead atoms. The smallest absolute Gasteiger partial charge is 0.0835 e. The van der Waals surface area contributed by atoms with Crippen molar-refractivity contribution >= 4 is 11.6 Å². The fourth-order valence-electron chi connectivity index (χ4n) is 4.45. The minimum Gasteiger partial charge on any atom is -0.390 e. The van der Waals surface area contributed by atoms with Crippen LogP contribution in [0.25, 0.3) is 5.69 Å². The molecule has 1 saturated carbocycles. The average Bonchev–Trinajstić information content (AvgIpc) is 3.41. The van der Waals surface area contributed by atoms with Gasteiger partial charge in [-0.15, -0.1) is 0 Å². The number of hydrogen-bond acceptors (Lipinski definition) is 4. The summed E-state index contributed by atoms with van der Waals surface area (Å²) in [6.07, 6.45) is 5.11. The van der Waals surface area contributed by atoms with Crippen LogP contribution in [0.1, 0.15) is 37.9 Å². The summed E-state index contributed by atoms with van der Waals surface area (Å²) in [4.78, 5) is 4.68. The van der Waals surface area contributed by atoms with Crippen LogP contribution in [0.4, 0.5) is 0 Å². The van der Waals surface area contributed by atoms with Gasteiger partial charge in [-0.25, -0.2) is 4.68 Å². The van der Waals surface area contributed by atoms with Crippen molar-refractivity contribution in [2.24, 2.45) is 5.41 Å². The van der Waals surface area contributed by atoms with E-state index in [0.717, 1.165) is 31.7 Å². The van der Waals surface area contributed by atoms with Gasteiger partial charge in [0.1, 0.15) is 0 Å². The maximum atomic E-state index is 10.7. The van der Waals surface area contributed by atoms with E-state index in [2.05, 4.69) is 35.8 Å². The number of β-amino-alcohol motifs (C(OH)–C–C–N with tert-alkyl or cyclic N) is 1. The van der Waals surface area contributed by atoms with Gasteiger partial charge in [0.25, 0.3) is 0 Å². The number of fused-ring (bicyclic) bond motifs is 1. The van der Waals surface area contributed by atoms with Crippen LogP contribution in [0, 0.1) is 5.41 Å². The minimum absolute atomic E-state index is 0.0897. The summed E-state index contributed by atoms with van der Waals surface area (Å²) in [5.74, 6) is 0. The van der Waals surface area contributed by atoms with Crippen LogP contribution in [0.3, 0.4) is 0 Å². The number of aromatic nitrogens is 2. The molecule has 0 spiro atoms. The van der Waals surface area contributed by atoms with E-state index in [1.54, 1.807) is 0 Å². The molecule has 1 unspecified atom stereocenters. The molecule has 1 N–H and O–H groups in total. The highest BCUT2D eigenvalue weighted by atomic mass is 35.5. The van der Waals surface area contributed by atoms with Crippen molar-refractivity contribution < 1.29 is 5.11 Å². The van der Waals surface area contributed by atoms with Gasteiger partial charge in [-0.05, 0) is 43.9 Å². The molecule has 4 rings (SSSR count). The fraction of sp³-hybridized carbons (Fsp3) is 0.591. The third-order valence-corrected chi connectivity index (χ3v) is 6.19. The van der Waals surface area contributed by atoms with Crippen molar-refractivity contribution in [2.45, 2.75) is 51.8 Å². The van der Waals surface area contributed by atoms with Gasteiger partial charge in [0.2, 0.25) is 0 Å². The minimum atomic E-state index is -0.332. The van der Waals surface area contributed by atoms with Gasteiger partial charge >= 0.3 is 0 Å². The van der Waals surface area contributed by atoms with E-state index in [1.807, 2.05) is 35.1 Å². The largest absolute Gasteiger partial charge is 0.390 e. The Morgan fingerprint density at radius 1 is 1.32 bits per heavy atom. The monoisotopic (exact) mass is 402 g/mol. The summed E-state index contributed by atoms with van der Waals surface area (Å²) in [5.41, 5.74) is 3.48. The molecule has 1 fully saturated rings. The lowest BCUT2D eigenvalue weighted by Crippen LogP contribution is -2.42. The van der Waals surface area contributed by atoms with Gasteiger partial charge in [-0.2, -0.15) is 5.10 Å². The van der Waals surface area contributed by atoms with Gasteiger partial charge in [-0.3, -0.25) is 4.90 Å². The molecule has 0 amide bonds. The molecule has 0 radical (unpaired) electrons. The molecule has 1 aliphatic carbocycles. The van der Waals surface area contributed by atoms with Crippen molar-refractivity contribution in [3.8, 4) is 5.69 Å². The van der Waals surface area contributed by atoms with E-state index >= 15 is 0 Å². The van der Waals surface area contributed by atoms with Crippen LogP contribution in [-0.4, -0.2) is 63.5 Å². The second-order valence-electron chi connectivity index (χ2n) is 9.31. The number of benzene rings is 1. The first-order valence-corrected chi connectivity index (χ1v) is 10.6. The quantitative estimate of drug-likeness (QED) is 0.804. The molecular formula is C22H31ClN4O. The molecule has 1 aliphatic heterocycles. The number of likely N-dealkylation sites (N-methyl/N-ethyl adjacent to an activating group) is 1. The molecule has 2 aliphatic rings. The zero-order valence-electron chi connectivity index (χ0n) is 17.1. The first-order chi connectivity index (χ1) is 13.3. The van der Waals surface area contributed by atoms with Crippen molar-refractivity contribution in [3.63, 3.8) is 0 Å². The fourth-order valence-corrected chi connectivity index (χ4v) is 4.67. The Balaban J connectivity index is 1.54. The highest BCUT2D eigenvalue weighted by Crippen LogP contribution is 2.33. The van der Waals surface area contributed by atoms with Crippen LogP contribution < -0.4 is 0 Å². The predicted octanol–water partition coefficient (Wildman–Crippen LogP) is 3.37. The second-order valence-corrected chi connectivity index (χ2v) is 9.72. The Labute approximate surface area is 172 Å². The van der Waals surface area contributed by atoms with Crippen molar-refractivity contribution in [3.05, 3.63) is 46.7 Å². The van der Waals surface area contributed by atoms with E-state index < -0.39 is 0 Å². The van der Waals surface area contributed by atoms with E-state index in [-0.39, 0.29) is 11.5 Å². The molecule has 1 aromatic heterocycles. The number of hydrogen-bond donors (Lipinski definition) is 1. The highest BCUT2D eigenvalue weighted by Gasteiger charge is 2.33. The van der Waals surface area contributed by atoms with Crippen LogP contribution in [0.15, 0.2) is 30.5 Å². The van der Waals surface area contributed by atoms with Crippen molar-refractivity contribution in [1.29, 1.82) is 0 Å². The van der Waals surface area contributed by atoms with Crippen LogP contribution >= 0.6 is 11.6 Å². The molecule has 6 heteroatoms. The van der Waals surface area contributed by atoms with Crippen LogP contribution in [0.2, 0.25) is 5.02 Å². The maximum Gasteiger partial charge on any atom is 0.0835 e. The topological polar surface area (TPSA) is 44.5 Å². The Bertz CT molecular complexity index is 830. The lowest BCUT2D eigenvalue weighted by atomic mass is 9.87. The molecule has 1 atom stereocenters. The summed E-state index contributed by atoms with van der Waals surface area (Å²) in [7, 11) is 2.12. The number of rotatable bonds is 6. The van der Waals surface area contributed by atoms with E-state index in [0.29, 0.717) is 17.6 Å². The standard InChI is InChI=1S/C22H31ClN4O/c1-22(2)10-21-16(11-24-27(21)20-7-5-4-6-19(20)23)12-26(15-22)14-18(28)13-25(3)17-8-9-17/h4-7,11,17-18,28H,8-10,12-15H2,1-3H3. The number of nitrogens with zero attached hydrogens (tertiary/aromatic N) is 4. The number of para-hydroxylation sites is 1. The Morgan fingerprint density at radius 3 is 2.79 bits per heavy atom. The summed E-state index contributed by atoms with van der Waals surface area (Å²) >= 11 is 6.44. The SMILES string of the molecule is CN(CC(O)CN1Cc2cnn(-c3ccccc3Cl)c2CC(C)(C)C1)C1CC1. The number of aliphatic hydroxyl groups excluding tert-OH is 1. The normalized spacial score (nSPS) is 20.8. The number of aliphatic hydroxyl groups is 1. The predicted molar refractivity (Wildman–Crippen MR) is 113 cm³/mol. The Morgan fingerprint density at radius 2 is 2.07 bits per heavy atom. The van der Waals surface area contributed by atoms with Crippen LogP contribution in [-0.2, 0) is 13.0 Å². The van der Waals surface area contributed by atoms with Gasteiger partial charge in [0, 0.05) is 43.5 Å². The van der Waals surface area contributed by atoms with Gasteiger partial charge in [0.15, 0.2) is 0 Å². The molecule has 28 heavy (non-hydrogen) atoms. The Hall–Kier alpha value is -1.40. The summed E-state index contributed by atoms with van der Waals surface area (Å²) in [6.45, 7) is 7.79. The highest BCUT2D eigenvalue weighted by molar-refractivity contribution is 6.32. The van der Waals surface area contributed by atoms with E-state index in [1.165, 1.54) is 24.1 Å². The summed E-state index contributed by atoms with van der Waals surface area (Å²) in [5, 5.41) is 16.0. The maximum absolute atomic E-state index is 10.7.